The van der Waals surface area contributed by atoms with Crippen molar-refractivity contribution in [2.75, 3.05) is 39.5 Å². The largest absolute Gasteiger partial charge is 0.465 e. The van der Waals surface area contributed by atoms with Crippen LogP contribution >= 0.6 is 0 Å². The van der Waals surface area contributed by atoms with Crippen molar-refractivity contribution in [2.45, 2.75) is 192 Å². The molecule has 1 saturated heterocycles. The SMILES string of the molecule is CCCCCCCCCCCCCCOCC(CNC(=O)C1(NC(=O)O)CCNCC1)OCCCCCCCCCCCCCC. The van der Waals surface area contributed by atoms with Gasteiger partial charge in [-0.3, -0.25) is 4.79 Å². The molecule has 0 aliphatic carbocycles. The van der Waals surface area contributed by atoms with Crippen LogP contribution in [0.1, 0.15) is 181 Å². The van der Waals surface area contributed by atoms with E-state index >= 15 is 0 Å². The zero-order chi connectivity index (χ0) is 33.4. The maximum atomic E-state index is 13.2. The molecule has 8 heteroatoms. The van der Waals surface area contributed by atoms with Crippen LogP contribution in [-0.2, 0) is 14.3 Å². The van der Waals surface area contributed by atoms with Gasteiger partial charge in [0.15, 0.2) is 0 Å². The molecule has 1 unspecified atom stereocenters. The Hall–Kier alpha value is -1.38. The number of carbonyl (C=O) groups is 2. The average molecular weight is 654 g/mol. The average Bonchev–Trinajstić information content (AvgIpc) is 3.05. The fraction of sp³-hybridized carbons (Fsp3) is 0.947. The lowest BCUT2D eigenvalue weighted by Crippen LogP contribution is -2.63. The predicted molar refractivity (Wildman–Crippen MR) is 192 cm³/mol. The standard InChI is InChI=1S/C38H75N3O5/c1-3-5-7-9-11-13-15-17-19-21-23-25-31-45-34-35(33-40-36(42)38(41-37(43)44)27-29-39-30-28-38)46-32-26-24-22-20-18-16-14-12-10-8-6-4-2/h35,39,41H,3-34H2,1-2H3,(H,40,42)(H,43,44). The summed E-state index contributed by atoms with van der Waals surface area (Å²) in [5, 5.41) is 18.1. The molecule has 4 N–H and O–H groups in total. The third-order valence-electron chi connectivity index (χ3n) is 9.53. The smallest absolute Gasteiger partial charge is 0.405 e. The summed E-state index contributed by atoms with van der Waals surface area (Å²) < 4.78 is 12.2. The topological polar surface area (TPSA) is 109 Å². The molecule has 0 aromatic carbocycles. The molecule has 8 nitrogen and oxygen atoms in total. The second-order valence-electron chi connectivity index (χ2n) is 13.8. The minimum absolute atomic E-state index is 0.238. The van der Waals surface area contributed by atoms with E-state index in [1.54, 1.807) is 0 Å². The van der Waals surface area contributed by atoms with Gasteiger partial charge in [0.1, 0.15) is 5.54 Å². The number of carboxylic acid groups (broad SMARTS) is 1. The van der Waals surface area contributed by atoms with Crippen LogP contribution in [0.5, 0.6) is 0 Å². The van der Waals surface area contributed by atoms with E-state index in [1.807, 2.05) is 0 Å². The summed E-state index contributed by atoms with van der Waals surface area (Å²) in [4.78, 5) is 24.7. The predicted octanol–water partition coefficient (Wildman–Crippen LogP) is 9.30. The van der Waals surface area contributed by atoms with E-state index in [-0.39, 0.29) is 12.0 Å². The summed E-state index contributed by atoms with van der Waals surface area (Å²) in [5.41, 5.74) is -1.09. The normalized spacial score (nSPS) is 15.1. The van der Waals surface area contributed by atoms with Gasteiger partial charge in [-0.05, 0) is 38.8 Å². The lowest BCUT2D eigenvalue weighted by atomic mass is 9.87. The summed E-state index contributed by atoms with van der Waals surface area (Å²) >= 11 is 0. The van der Waals surface area contributed by atoms with Crippen LogP contribution in [0.4, 0.5) is 4.79 Å². The lowest BCUT2D eigenvalue weighted by Gasteiger charge is -2.36. The van der Waals surface area contributed by atoms with E-state index in [4.69, 9.17) is 9.47 Å². The number of carbonyl (C=O) groups excluding carboxylic acids is 1. The second kappa shape index (κ2) is 30.9. The maximum Gasteiger partial charge on any atom is 0.405 e. The fourth-order valence-electron chi connectivity index (χ4n) is 6.46. The van der Waals surface area contributed by atoms with Gasteiger partial charge in [0.2, 0.25) is 5.91 Å². The minimum Gasteiger partial charge on any atom is -0.465 e. The van der Waals surface area contributed by atoms with E-state index in [0.717, 1.165) is 19.3 Å². The molecule has 272 valence electrons. The second-order valence-corrected chi connectivity index (χ2v) is 13.8. The van der Waals surface area contributed by atoms with Crippen LogP contribution < -0.4 is 16.0 Å². The molecule has 1 atom stereocenters. The monoisotopic (exact) mass is 654 g/mol. The fourth-order valence-corrected chi connectivity index (χ4v) is 6.46. The maximum absolute atomic E-state index is 13.2. The summed E-state index contributed by atoms with van der Waals surface area (Å²) in [7, 11) is 0. The third-order valence-corrected chi connectivity index (χ3v) is 9.53. The molecule has 0 spiro atoms. The van der Waals surface area contributed by atoms with Crippen molar-refractivity contribution in [3.8, 4) is 0 Å². The van der Waals surface area contributed by atoms with Gasteiger partial charge in [-0.2, -0.15) is 0 Å². The number of amides is 2. The van der Waals surface area contributed by atoms with Crippen molar-refractivity contribution in [1.82, 2.24) is 16.0 Å². The van der Waals surface area contributed by atoms with Crippen molar-refractivity contribution in [3.63, 3.8) is 0 Å². The first-order chi connectivity index (χ1) is 22.5. The number of nitrogens with one attached hydrogen (secondary N) is 3. The molecule has 0 saturated carbocycles. The Morgan fingerprint density at radius 3 is 1.50 bits per heavy atom. The van der Waals surface area contributed by atoms with Crippen LogP contribution in [0.2, 0.25) is 0 Å². The molecular weight excluding hydrogens is 578 g/mol. The number of piperidine rings is 1. The molecule has 1 heterocycles. The Kier molecular flexibility index (Phi) is 28.7. The van der Waals surface area contributed by atoms with Gasteiger partial charge in [-0.1, -0.05) is 155 Å². The molecule has 0 bridgehead atoms. The Balaban J connectivity index is 2.29. The van der Waals surface area contributed by atoms with Crippen LogP contribution in [0.3, 0.4) is 0 Å². The summed E-state index contributed by atoms with van der Waals surface area (Å²) in [6.45, 7) is 7.88. The number of unbranched alkanes of at least 4 members (excludes halogenated alkanes) is 22. The first kappa shape index (κ1) is 42.6. The number of hydrogen-bond donors (Lipinski definition) is 4. The zero-order valence-electron chi connectivity index (χ0n) is 30.3. The van der Waals surface area contributed by atoms with Gasteiger partial charge in [0.25, 0.3) is 0 Å². The highest BCUT2D eigenvalue weighted by Crippen LogP contribution is 2.19. The van der Waals surface area contributed by atoms with Crippen molar-refractivity contribution >= 4 is 12.0 Å². The van der Waals surface area contributed by atoms with E-state index in [0.29, 0.717) is 52.3 Å². The molecule has 0 radical (unpaired) electrons. The van der Waals surface area contributed by atoms with E-state index in [2.05, 4.69) is 29.8 Å². The third kappa shape index (κ3) is 23.9. The van der Waals surface area contributed by atoms with Crippen LogP contribution in [0.15, 0.2) is 0 Å². The zero-order valence-corrected chi connectivity index (χ0v) is 30.3. The highest BCUT2D eigenvalue weighted by Gasteiger charge is 2.41. The van der Waals surface area contributed by atoms with E-state index in [9.17, 15) is 14.7 Å². The van der Waals surface area contributed by atoms with E-state index < -0.39 is 11.6 Å². The quantitative estimate of drug-likeness (QED) is 0.0526. The van der Waals surface area contributed by atoms with Gasteiger partial charge < -0.3 is 30.5 Å². The van der Waals surface area contributed by atoms with E-state index in [1.165, 1.54) is 135 Å². The van der Waals surface area contributed by atoms with Crippen molar-refractivity contribution in [3.05, 3.63) is 0 Å². The molecule has 2 amide bonds. The van der Waals surface area contributed by atoms with Crippen molar-refractivity contribution < 1.29 is 24.2 Å². The van der Waals surface area contributed by atoms with Gasteiger partial charge in [-0.25, -0.2) is 4.79 Å². The number of ether oxygens (including phenoxy) is 2. The van der Waals surface area contributed by atoms with Gasteiger partial charge in [0.05, 0.1) is 12.7 Å². The van der Waals surface area contributed by atoms with Crippen LogP contribution in [0.25, 0.3) is 0 Å². The Bertz CT molecular complexity index is 702. The highest BCUT2D eigenvalue weighted by molar-refractivity contribution is 5.89. The van der Waals surface area contributed by atoms with Gasteiger partial charge >= 0.3 is 6.09 Å². The van der Waals surface area contributed by atoms with Gasteiger partial charge in [-0.15, -0.1) is 0 Å². The summed E-state index contributed by atoms with van der Waals surface area (Å²) in [6, 6.07) is 0. The lowest BCUT2D eigenvalue weighted by molar-refractivity contribution is -0.129. The molecular formula is C38H75N3O5. The Morgan fingerprint density at radius 2 is 1.07 bits per heavy atom. The number of hydrogen-bond acceptors (Lipinski definition) is 5. The molecule has 1 rings (SSSR count). The van der Waals surface area contributed by atoms with Crippen molar-refractivity contribution in [1.29, 1.82) is 0 Å². The Morgan fingerprint density at radius 1 is 0.652 bits per heavy atom. The molecule has 1 aliphatic rings. The number of rotatable bonds is 33. The van der Waals surface area contributed by atoms with Gasteiger partial charge in [0, 0.05) is 19.8 Å². The molecule has 0 aromatic rings. The summed E-state index contributed by atoms with van der Waals surface area (Å²) in [6.07, 6.45) is 30.9. The van der Waals surface area contributed by atoms with Crippen LogP contribution in [0, 0.1) is 0 Å². The van der Waals surface area contributed by atoms with Crippen molar-refractivity contribution in [2.24, 2.45) is 0 Å². The molecule has 46 heavy (non-hydrogen) atoms. The first-order valence-corrected chi connectivity index (χ1v) is 19.7. The minimum atomic E-state index is -1.16. The Labute approximate surface area is 283 Å². The molecule has 1 fully saturated rings. The molecule has 0 aromatic heterocycles. The highest BCUT2D eigenvalue weighted by atomic mass is 16.5. The molecule has 1 aliphatic heterocycles. The van der Waals surface area contributed by atoms with Crippen LogP contribution in [-0.4, -0.2) is 68.2 Å². The summed E-state index contributed by atoms with van der Waals surface area (Å²) in [5.74, 6) is -0.267. The first-order valence-electron chi connectivity index (χ1n) is 19.7.